The predicted molar refractivity (Wildman–Crippen MR) is 51.5 cm³/mol. The lowest BCUT2D eigenvalue weighted by Gasteiger charge is -2.03. The van der Waals surface area contributed by atoms with Crippen LogP contribution in [-0.2, 0) is 0 Å². The zero-order chi connectivity index (χ0) is 9.28. The summed E-state index contributed by atoms with van der Waals surface area (Å²) >= 11 is 0. The Morgan fingerprint density at radius 2 is 1.73 bits per heavy atom. The maximum atomic E-state index is 5.17. The minimum Gasteiger partial charge on any atom is -0.329 e. The molecule has 3 heteroatoms. The summed E-state index contributed by atoms with van der Waals surface area (Å²) < 4.78 is 0. The third-order valence-corrected chi connectivity index (χ3v) is 1.04. The first kappa shape index (κ1) is 13.5. The quantitative estimate of drug-likeness (QED) is 0.624. The number of hydrogen-bond acceptors (Lipinski definition) is 3. The van der Waals surface area contributed by atoms with Crippen LogP contribution in [0.2, 0.25) is 0 Å². The molecule has 4 N–H and O–H groups in total. The van der Waals surface area contributed by atoms with Crippen molar-refractivity contribution in [1.29, 1.82) is 0 Å². The highest BCUT2D eigenvalue weighted by Crippen LogP contribution is 1.76. The van der Waals surface area contributed by atoms with Crippen LogP contribution in [0.3, 0.4) is 0 Å². The van der Waals surface area contributed by atoms with E-state index in [1.54, 1.807) is 0 Å². The van der Waals surface area contributed by atoms with E-state index in [4.69, 9.17) is 11.5 Å². The molecule has 0 aliphatic carbocycles. The summed E-state index contributed by atoms with van der Waals surface area (Å²) in [6.07, 6.45) is 1.26. The monoisotopic (exact) mass is 161 g/mol. The van der Waals surface area contributed by atoms with Crippen molar-refractivity contribution in [2.24, 2.45) is 11.5 Å². The Morgan fingerprint density at radius 3 is 1.73 bits per heavy atom. The topological polar surface area (TPSA) is 55.3 Å². The van der Waals surface area contributed by atoms with E-state index in [1.807, 2.05) is 6.92 Å². The zero-order valence-electron chi connectivity index (χ0n) is 8.30. The van der Waals surface area contributed by atoms with Gasteiger partial charge in [-0.2, -0.15) is 0 Å². The van der Waals surface area contributed by atoms with Gasteiger partial charge in [0.2, 0.25) is 0 Å². The van der Waals surface area contributed by atoms with E-state index >= 15 is 0 Å². The molecule has 0 rings (SSSR count). The van der Waals surface area contributed by atoms with E-state index < -0.39 is 0 Å². The molecule has 0 spiro atoms. The van der Waals surface area contributed by atoms with Gasteiger partial charge < -0.3 is 16.4 Å². The Bertz CT molecular complexity index is 62.4. The van der Waals surface area contributed by atoms with E-state index in [-0.39, 0.29) is 6.04 Å². The fourth-order valence-corrected chi connectivity index (χ4v) is 0.447. The average Bonchev–Trinajstić information content (AvgIpc) is 1.89. The molecular formula is C8H23N3. The number of nitrogens with two attached hydrogens (primary N) is 2. The van der Waals surface area contributed by atoms with Crippen LogP contribution in [0.25, 0.3) is 0 Å². The Balaban J connectivity index is 0. The molecule has 3 nitrogen and oxygen atoms in total. The third-order valence-electron chi connectivity index (χ3n) is 1.04. The maximum Gasteiger partial charge on any atom is 0.0134 e. The second kappa shape index (κ2) is 9.88. The van der Waals surface area contributed by atoms with Crippen LogP contribution in [0.15, 0.2) is 0 Å². The molecule has 0 heterocycles. The molecule has 70 valence electrons. The average molecular weight is 161 g/mol. The first-order valence-corrected chi connectivity index (χ1v) is 4.14. The van der Waals surface area contributed by atoms with Crippen molar-refractivity contribution in [2.75, 3.05) is 27.2 Å². The first-order valence-electron chi connectivity index (χ1n) is 4.14. The van der Waals surface area contributed by atoms with Crippen LogP contribution in [0.4, 0.5) is 0 Å². The van der Waals surface area contributed by atoms with Gasteiger partial charge in [0.05, 0.1) is 0 Å². The highest BCUT2D eigenvalue weighted by molar-refractivity contribution is 4.48. The van der Waals surface area contributed by atoms with Gasteiger partial charge in [0, 0.05) is 12.6 Å². The molecule has 0 radical (unpaired) electrons. The molecule has 0 saturated carbocycles. The molecule has 0 aliphatic heterocycles. The summed E-state index contributed by atoms with van der Waals surface area (Å²) in [5, 5.41) is 0. The van der Waals surface area contributed by atoms with Crippen molar-refractivity contribution in [2.45, 2.75) is 26.3 Å². The first-order chi connectivity index (χ1) is 5.04. The van der Waals surface area contributed by atoms with Crippen LogP contribution in [0.5, 0.6) is 0 Å². The van der Waals surface area contributed by atoms with Crippen molar-refractivity contribution >= 4 is 0 Å². The van der Waals surface area contributed by atoms with Crippen molar-refractivity contribution in [1.82, 2.24) is 4.90 Å². The highest BCUT2D eigenvalue weighted by atomic mass is 15.0. The van der Waals surface area contributed by atoms with Crippen LogP contribution in [-0.4, -0.2) is 38.1 Å². The standard InChI is InChI=1S/C5H13N.C3H10N2/c1-4-5-6(2)3;1-3(5)2-4/h4-5H2,1-3H3;3H,2,4-5H2,1H3. The molecule has 11 heavy (non-hydrogen) atoms. The highest BCUT2D eigenvalue weighted by Gasteiger charge is 1.80. The maximum absolute atomic E-state index is 5.17. The molecule has 1 unspecified atom stereocenters. The summed E-state index contributed by atoms with van der Waals surface area (Å²) in [4.78, 5) is 2.18. The smallest absolute Gasteiger partial charge is 0.0134 e. The molecular weight excluding hydrogens is 138 g/mol. The Labute approximate surface area is 70.7 Å². The second-order valence-electron chi connectivity index (χ2n) is 3.02. The molecule has 0 bridgehead atoms. The Hall–Kier alpha value is -0.120. The number of hydrogen-bond donors (Lipinski definition) is 2. The minimum absolute atomic E-state index is 0.162. The summed E-state index contributed by atoms with van der Waals surface area (Å²) in [6.45, 7) is 5.85. The third kappa shape index (κ3) is 25.8. The van der Waals surface area contributed by atoms with Crippen LogP contribution < -0.4 is 11.5 Å². The summed E-state index contributed by atoms with van der Waals surface area (Å²) in [7, 11) is 4.17. The van der Waals surface area contributed by atoms with Gasteiger partial charge in [-0.1, -0.05) is 6.92 Å². The molecule has 0 amide bonds. The van der Waals surface area contributed by atoms with Gasteiger partial charge in [0.1, 0.15) is 0 Å². The normalized spacial score (nSPS) is 12.3. The van der Waals surface area contributed by atoms with Crippen LogP contribution >= 0.6 is 0 Å². The molecule has 1 atom stereocenters. The molecule has 0 aromatic carbocycles. The van der Waals surface area contributed by atoms with Gasteiger partial charge in [-0.3, -0.25) is 0 Å². The summed E-state index contributed by atoms with van der Waals surface area (Å²) in [5.41, 5.74) is 10.2. The summed E-state index contributed by atoms with van der Waals surface area (Å²) in [5.74, 6) is 0. The van der Waals surface area contributed by atoms with E-state index in [0.717, 1.165) is 0 Å². The Morgan fingerprint density at radius 1 is 1.36 bits per heavy atom. The van der Waals surface area contributed by atoms with E-state index in [1.165, 1.54) is 13.0 Å². The fourth-order valence-electron chi connectivity index (χ4n) is 0.447. The van der Waals surface area contributed by atoms with Crippen molar-refractivity contribution in [3.05, 3.63) is 0 Å². The van der Waals surface area contributed by atoms with Gasteiger partial charge >= 0.3 is 0 Å². The van der Waals surface area contributed by atoms with Gasteiger partial charge in [-0.25, -0.2) is 0 Å². The molecule has 0 fully saturated rings. The van der Waals surface area contributed by atoms with Crippen LogP contribution in [0, 0.1) is 0 Å². The molecule has 0 aromatic rings. The van der Waals surface area contributed by atoms with Crippen molar-refractivity contribution in [3.63, 3.8) is 0 Å². The second-order valence-corrected chi connectivity index (χ2v) is 3.02. The predicted octanol–water partition coefficient (Wildman–Crippen LogP) is 0.250. The zero-order valence-corrected chi connectivity index (χ0v) is 8.30. The van der Waals surface area contributed by atoms with Gasteiger partial charge in [0.25, 0.3) is 0 Å². The lowest BCUT2D eigenvalue weighted by Crippen LogP contribution is -2.25. The number of nitrogens with zero attached hydrogens (tertiary/aromatic N) is 1. The van der Waals surface area contributed by atoms with Crippen molar-refractivity contribution < 1.29 is 0 Å². The lowest BCUT2D eigenvalue weighted by atomic mass is 10.4. The van der Waals surface area contributed by atoms with E-state index in [0.29, 0.717) is 6.54 Å². The van der Waals surface area contributed by atoms with Crippen molar-refractivity contribution in [3.8, 4) is 0 Å². The van der Waals surface area contributed by atoms with E-state index in [9.17, 15) is 0 Å². The lowest BCUT2D eigenvalue weighted by molar-refractivity contribution is 0.408. The van der Waals surface area contributed by atoms with Gasteiger partial charge in [-0.15, -0.1) is 0 Å². The minimum atomic E-state index is 0.162. The number of rotatable bonds is 3. The summed E-state index contributed by atoms with van der Waals surface area (Å²) in [6, 6.07) is 0.162. The SMILES string of the molecule is CC(N)CN.CCCN(C)C. The fraction of sp³-hybridized carbons (Fsp3) is 1.00. The van der Waals surface area contributed by atoms with Gasteiger partial charge in [0.15, 0.2) is 0 Å². The van der Waals surface area contributed by atoms with Crippen LogP contribution in [0.1, 0.15) is 20.3 Å². The molecule has 0 aromatic heterocycles. The molecule has 0 saturated heterocycles. The Kier molecular flexibility index (Phi) is 12.1. The largest absolute Gasteiger partial charge is 0.329 e. The molecule has 0 aliphatic rings. The van der Waals surface area contributed by atoms with E-state index in [2.05, 4.69) is 25.9 Å². The van der Waals surface area contributed by atoms with Gasteiger partial charge in [-0.05, 0) is 34.0 Å².